The zero-order valence-electron chi connectivity index (χ0n) is 11.4. The van der Waals surface area contributed by atoms with E-state index in [0.717, 1.165) is 19.4 Å². The molecule has 0 spiro atoms. The van der Waals surface area contributed by atoms with Crippen molar-refractivity contribution in [2.45, 2.75) is 19.8 Å². The van der Waals surface area contributed by atoms with E-state index in [0.29, 0.717) is 17.8 Å². The van der Waals surface area contributed by atoms with Crippen molar-refractivity contribution in [3.63, 3.8) is 0 Å². The normalized spacial score (nSPS) is 21.6. The number of hydrogen-bond acceptors (Lipinski definition) is 3. The maximum Gasteiger partial charge on any atom is 0.248 e. The first kappa shape index (κ1) is 16.5. The number of amides is 2. The fraction of sp³-hybridized carbons (Fsp3) is 0.429. The number of hydrogen-bond donors (Lipinski definition) is 3. The van der Waals surface area contributed by atoms with E-state index in [9.17, 15) is 9.59 Å². The van der Waals surface area contributed by atoms with Gasteiger partial charge in [-0.1, -0.05) is 6.07 Å². The molecule has 1 aliphatic heterocycles. The number of anilines is 1. The first-order chi connectivity index (χ1) is 9.01. The number of carbonyl (C=O) groups excluding carboxylic acids is 2. The Morgan fingerprint density at radius 1 is 1.40 bits per heavy atom. The van der Waals surface area contributed by atoms with Crippen LogP contribution in [-0.4, -0.2) is 24.9 Å². The molecule has 2 rings (SSSR count). The van der Waals surface area contributed by atoms with Crippen LogP contribution in [0, 0.1) is 5.41 Å². The molecular formula is C14H20ClN3O2. The van der Waals surface area contributed by atoms with Gasteiger partial charge >= 0.3 is 0 Å². The molecule has 0 radical (unpaired) electrons. The lowest BCUT2D eigenvalue weighted by Crippen LogP contribution is -2.46. The second kappa shape index (κ2) is 6.72. The Labute approximate surface area is 124 Å². The monoisotopic (exact) mass is 297 g/mol. The molecule has 1 aliphatic rings. The van der Waals surface area contributed by atoms with E-state index in [1.165, 1.54) is 0 Å². The maximum atomic E-state index is 12.3. The van der Waals surface area contributed by atoms with Crippen LogP contribution in [0.1, 0.15) is 30.1 Å². The van der Waals surface area contributed by atoms with Crippen LogP contribution < -0.4 is 16.4 Å². The Morgan fingerprint density at radius 2 is 2.15 bits per heavy atom. The molecule has 4 N–H and O–H groups in total. The standard InChI is InChI=1S/C14H19N3O2.ClH/c1-14(6-3-7-16-9-14)13(19)17-11-5-2-4-10(8-11)12(15)18;/h2,4-5,8,16H,3,6-7,9H2,1H3,(H2,15,18)(H,17,19);1H. The van der Waals surface area contributed by atoms with E-state index >= 15 is 0 Å². The van der Waals surface area contributed by atoms with Gasteiger partial charge < -0.3 is 16.4 Å². The van der Waals surface area contributed by atoms with Crippen LogP contribution in [0.5, 0.6) is 0 Å². The number of halogens is 1. The van der Waals surface area contributed by atoms with Crippen molar-refractivity contribution in [1.82, 2.24) is 5.32 Å². The third-order valence-electron chi connectivity index (χ3n) is 3.55. The number of rotatable bonds is 3. The molecule has 110 valence electrons. The highest BCUT2D eigenvalue weighted by molar-refractivity contribution is 5.98. The van der Waals surface area contributed by atoms with Crippen molar-refractivity contribution >= 4 is 29.9 Å². The zero-order valence-corrected chi connectivity index (χ0v) is 12.3. The van der Waals surface area contributed by atoms with Crippen molar-refractivity contribution in [3.8, 4) is 0 Å². The summed E-state index contributed by atoms with van der Waals surface area (Å²) in [4.78, 5) is 23.4. The average molecular weight is 298 g/mol. The Kier molecular flexibility index (Phi) is 5.53. The minimum atomic E-state index is -0.498. The van der Waals surface area contributed by atoms with Gasteiger partial charge in [0, 0.05) is 17.8 Å². The molecule has 1 aromatic carbocycles. The van der Waals surface area contributed by atoms with Crippen molar-refractivity contribution in [1.29, 1.82) is 0 Å². The molecule has 0 bridgehead atoms. The summed E-state index contributed by atoms with van der Waals surface area (Å²) >= 11 is 0. The second-order valence-electron chi connectivity index (χ2n) is 5.24. The summed E-state index contributed by atoms with van der Waals surface area (Å²) in [5, 5.41) is 6.10. The smallest absolute Gasteiger partial charge is 0.248 e. The number of carbonyl (C=O) groups is 2. The Hall–Kier alpha value is -1.59. The van der Waals surface area contributed by atoms with Gasteiger partial charge in [0.05, 0.1) is 5.41 Å². The molecule has 6 heteroatoms. The maximum absolute atomic E-state index is 12.3. The molecule has 0 saturated carbocycles. The molecule has 1 unspecified atom stereocenters. The van der Waals surface area contributed by atoms with E-state index < -0.39 is 11.3 Å². The molecule has 2 amide bonds. The van der Waals surface area contributed by atoms with Gasteiger partial charge in [0.2, 0.25) is 11.8 Å². The summed E-state index contributed by atoms with van der Waals surface area (Å²) in [5.41, 5.74) is 5.82. The lowest BCUT2D eigenvalue weighted by Gasteiger charge is -2.32. The molecule has 1 aromatic rings. The van der Waals surface area contributed by atoms with Crippen molar-refractivity contribution in [2.24, 2.45) is 11.1 Å². The van der Waals surface area contributed by atoms with Crippen LogP contribution in [0.3, 0.4) is 0 Å². The topological polar surface area (TPSA) is 84.2 Å². The average Bonchev–Trinajstić information content (AvgIpc) is 2.40. The predicted molar refractivity (Wildman–Crippen MR) is 81.0 cm³/mol. The third kappa shape index (κ3) is 3.71. The van der Waals surface area contributed by atoms with Crippen molar-refractivity contribution in [2.75, 3.05) is 18.4 Å². The van der Waals surface area contributed by atoms with E-state index in [1.54, 1.807) is 24.3 Å². The molecular weight excluding hydrogens is 278 g/mol. The van der Waals surface area contributed by atoms with E-state index in [-0.39, 0.29) is 18.3 Å². The lowest BCUT2D eigenvalue weighted by molar-refractivity contribution is -0.125. The van der Waals surface area contributed by atoms with Crippen LogP contribution in [0.4, 0.5) is 5.69 Å². The van der Waals surface area contributed by atoms with Crippen LogP contribution in [0.15, 0.2) is 24.3 Å². The van der Waals surface area contributed by atoms with Crippen molar-refractivity contribution < 1.29 is 9.59 Å². The molecule has 1 saturated heterocycles. The summed E-state index contributed by atoms with van der Waals surface area (Å²) in [6.07, 6.45) is 1.85. The van der Waals surface area contributed by atoms with Gasteiger partial charge in [-0.05, 0) is 44.5 Å². The van der Waals surface area contributed by atoms with Gasteiger partial charge in [0.25, 0.3) is 0 Å². The summed E-state index contributed by atoms with van der Waals surface area (Å²) in [6, 6.07) is 6.68. The van der Waals surface area contributed by atoms with Gasteiger partial charge in [-0.2, -0.15) is 0 Å². The molecule has 1 fully saturated rings. The Bertz CT molecular complexity index is 499. The van der Waals surface area contributed by atoms with E-state index in [2.05, 4.69) is 10.6 Å². The molecule has 5 nitrogen and oxygen atoms in total. The molecule has 20 heavy (non-hydrogen) atoms. The third-order valence-corrected chi connectivity index (χ3v) is 3.55. The number of nitrogens with one attached hydrogen (secondary N) is 2. The summed E-state index contributed by atoms with van der Waals surface area (Å²) in [6.45, 7) is 3.58. The quantitative estimate of drug-likeness (QED) is 0.791. The Balaban J connectivity index is 0.00000200. The van der Waals surface area contributed by atoms with Gasteiger partial charge in [0.15, 0.2) is 0 Å². The number of nitrogens with two attached hydrogens (primary N) is 1. The molecule has 0 aromatic heterocycles. The molecule has 1 atom stereocenters. The van der Waals surface area contributed by atoms with Gasteiger partial charge in [-0.15, -0.1) is 12.4 Å². The second-order valence-corrected chi connectivity index (χ2v) is 5.24. The van der Waals surface area contributed by atoms with Gasteiger partial charge in [0.1, 0.15) is 0 Å². The molecule has 1 heterocycles. The summed E-state index contributed by atoms with van der Waals surface area (Å²) in [5.74, 6) is -0.525. The number of primary amides is 1. The van der Waals surface area contributed by atoms with Crippen LogP contribution >= 0.6 is 12.4 Å². The minimum Gasteiger partial charge on any atom is -0.366 e. The highest BCUT2D eigenvalue weighted by Crippen LogP contribution is 2.27. The van der Waals surface area contributed by atoms with Crippen LogP contribution in [0.25, 0.3) is 0 Å². The van der Waals surface area contributed by atoms with Gasteiger partial charge in [-0.3, -0.25) is 9.59 Å². The van der Waals surface area contributed by atoms with Crippen LogP contribution in [0.2, 0.25) is 0 Å². The van der Waals surface area contributed by atoms with Crippen LogP contribution in [-0.2, 0) is 4.79 Å². The first-order valence-electron chi connectivity index (χ1n) is 6.43. The Morgan fingerprint density at radius 3 is 2.75 bits per heavy atom. The highest BCUT2D eigenvalue weighted by atomic mass is 35.5. The summed E-state index contributed by atoms with van der Waals surface area (Å²) < 4.78 is 0. The number of piperidine rings is 1. The fourth-order valence-electron chi connectivity index (χ4n) is 2.28. The predicted octanol–water partition coefficient (Wildman–Crippen LogP) is 1.54. The van der Waals surface area contributed by atoms with E-state index in [4.69, 9.17) is 5.73 Å². The SMILES string of the molecule is CC1(C(=O)Nc2cccc(C(N)=O)c2)CCCNC1.Cl. The van der Waals surface area contributed by atoms with Gasteiger partial charge in [-0.25, -0.2) is 0 Å². The molecule has 0 aliphatic carbocycles. The highest BCUT2D eigenvalue weighted by Gasteiger charge is 2.34. The summed E-state index contributed by atoms with van der Waals surface area (Å²) in [7, 11) is 0. The minimum absolute atomic E-state index is 0. The van der Waals surface area contributed by atoms with E-state index in [1.807, 2.05) is 6.92 Å². The first-order valence-corrected chi connectivity index (χ1v) is 6.43. The number of benzene rings is 1. The largest absolute Gasteiger partial charge is 0.366 e. The lowest BCUT2D eigenvalue weighted by atomic mass is 9.82. The zero-order chi connectivity index (χ0) is 13.9. The van der Waals surface area contributed by atoms with Crippen molar-refractivity contribution in [3.05, 3.63) is 29.8 Å². The fourth-order valence-corrected chi connectivity index (χ4v) is 2.28.